The van der Waals surface area contributed by atoms with E-state index in [9.17, 15) is 19.7 Å². The average Bonchev–Trinajstić information content (AvgIpc) is 2.68. The zero-order chi connectivity index (χ0) is 22.3. The van der Waals surface area contributed by atoms with Crippen molar-refractivity contribution in [2.45, 2.75) is 26.3 Å². The minimum absolute atomic E-state index is 0.00287. The summed E-state index contributed by atoms with van der Waals surface area (Å²) in [6.07, 6.45) is 1.65. The summed E-state index contributed by atoms with van der Waals surface area (Å²) in [7, 11) is 0. The van der Waals surface area contributed by atoms with Crippen molar-refractivity contribution in [3.63, 3.8) is 0 Å². The monoisotopic (exact) mass is 450 g/mol. The van der Waals surface area contributed by atoms with Gasteiger partial charge in [0.1, 0.15) is 11.1 Å². The fourth-order valence-corrected chi connectivity index (χ4v) is 2.86. The molecule has 0 saturated carbocycles. The minimum Gasteiger partial charge on any atom is -0.340 e. The van der Waals surface area contributed by atoms with Gasteiger partial charge in [0, 0.05) is 22.2 Å². The molecule has 2 amide bonds. The predicted molar refractivity (Wildman–Crippen MR) is 116 cm³/mol. The van der Waals surface area contributed by atoms with Gasteiger partial charge in [-0.25, -0.2) is 5.43 Å². The van der Waals surface area contributed by atoms with E-state index in [-0.39, 0.29) is 16.6 Å². The SMILES string of the molecule is CC(C)CC(NC(=O)c1ccc(Cl)cc1)C(=O)N/N=C/c1ccc(Cl)c([N+](=O)[O-])c1. The van der Waals surface area contributed by atoms with Crippen molar-refractivity contribution in [3.8, 4) is 0 Å². The summed E-state index contributed by atoms with van der Waals surface area (Å²) < 4.78 is 0. The van der Waals surface area contributed by atoms with Gasteiger partial charge >= 0.3 is 0 Å². The topological polar surface area (TPSA) is 114 Å². The largest absolute Gasteiger partial charge is 0.340 e. The molecule has 0 heterocycles. The molecule has 2 N–H and O–H groups in total. The Labute approximate surface area is 183 Å². The zero-order valence-electron chi connectivity index (χ0n) is 16.3. The van der Waals surface area contributed by atoms with Crippen LogP contribution >= 0.6 is 23.2 Å². The number of halogens is 2. The van der Waals surface area contributed by atoms with E-state index < -0.39 is 22.8 Å². The lowest BCUT2D eigenvalue weighted by molar-refractivity contribution is -0.384. The Bertz CT molecular complexity index is 962. The third-order valence-corrected chi connectivity index (χ3v) is 4.56. The van der Waals surface area contributed by atoms with Crippen molar-refractivity contribution in [1.29, 1.82) is 0 Å². The van der Waals surface area contributed by atoms with E-state index in [2.05, 4.69) is 15.8 Å². The second kappa shape index (κ2) is 10.7. The lowest BCUT2D eigenvalue weighted by Crippen LogP contribution is -2.46. The molecule has 0 spiro atoms. The highest BCUT2D eigenvalue weighted by Crippen LogP contribution is 2.24. The number of carbonyl (C=O) groups excluding carboxylic acids is 2. The lowest BCUT2D eigenvalue weighted by Gasteiger charge is -2.19. The molecule has 0 radical (unpaired) electrons. The Balaban J connectivity index is 2.07. The third kappa shape index (κ3) is 6.82. The Hall–Kier alpha value is -2.97. The number of rotatable bonds is 8. The number of nitro benzene ring substituents is 1. The molecule has 0 aliphatic heterocycles. The molecule has 8 nitrogen and oxygen atoms in total. The van der Waals surface area contributed by atoms with Gasteiger partial charge in [-0.05, 0) is 42.7 Å². The molecule has 2 aromatic carbocycles. The van der Waals surface area contributed by atoms with Gasteiger partial charge in [0.15, 0.2) is 0 Å². The summed E-state index contributed by atoms with van der Waals surface area (Å²) in [6.45, 7) is 3.84. The van der Waals surface area contributed by atoms with Crippen LogP contribution in [0.5, 0.6) is 0 Å². The first-order valence-electron chi connectivity index (χ1n) is 9.00. The second-order valence-corrected chi connectivity index (χ2v) is 7.71. The van der Waals surface area contributed by atoms with Crippen molar-refractivity contribution in [3.05, 3.63) is 73.8 Å². The molecule has 0 bridgehead atoms. The molecule has 1 atom stereocenters. The average molecular weight is 451 g/mol. The van der Waals surface area contributed by atoms with Crippen LogP contribution in [0.1, 0.15) is 36.2 Å². The maximum Gasteiger partial charge on any atom is 0.288 e. The van der Waals surface area contributed by atoms with Gasteiger partial charge in [0.25, 0.3) is 17.5 Å². The van der Waals surface area contributed by atoms with Crippen LogP contribution in [0.2, 0.25) is 10.0 Å². The Morgan fingerprint density at radius 2 is 1.83 bits per heavy atom. The molecular formula is C20H20Cl2N4O4. The van der Waals surface area contributed by atoms with Gasteiger partial charge in [-0.2, -0.15) is 5.10 Å². The quantitative estimate of drug-likeness (QED) is 0.356. The highest BCUT2D eigenvalue weighted by Gasteiger charge is 2.22. The number of carbonyl (C=O) groups is 2. The molecule has 0 aliphatic carbocycles. The van der Waals surface area contributed by atoms with Crippen LogP contribution in [0.3, 0.4) is 0 Å². The maximum absolute atomic E-state index is 12.5. The van der Waals surface area contributed by atoms with Gasteiger partial charge in [-0.15, -0.1) is 0 Å². The number of hydrogen-bond acceptors (Lipinski definition) is 5. The van der Waals surface area contributed by atoms with Crippen LogP contribution in [0.4, 0.5) is 5.69 Å². The van der Waals surface area contributed by atoms with E-state index in [1.165, 1.54) is 24.4 Å². The summed E-state index contributed by atoms with van der Waals surface area (Å²) in [5.74, 6) is -0.787. The molecule has 0 fully saturated rings. The number of hydrazone groups is 1. The Morgan fingerprint density at radius 1 is 1.17 bits per heavy atom. The number of amides is 2. The fraction of sp³-hybridized carbons (Fsp3) is 0.250. The van der Waals surface area contributed by atoms with Gasteiger partial charge in [0.2, 0.25) is 0 Å². The Morgan fingerprint density at radius 3 is 2.43 bits per heavy atom. The van der Waals surface area contributed by atoms with Gasteiger partial charge in [0.05, 0.1) is 11.1 Å². The number of nitrogens with one attached hydrogen (secondary N) is 2. The maximum atomic E-state index is 12.5. The second-order valence-electron chi connectivity index (χ2n) is 6.86. The van der Waals surface area contributed by atoms with E-state index in [0.29, 0.717) is 22.6 Å². The molecule has 0 aromatic heterocycles. The summed E-state index contributed by atoms with van der Waals surface area (Å²) >= 11 is 11.6. The number of benzene rings is 2. The van der Waals surface area contributed by atoms with E-state index in [4.69, 9.17) is 23.2 Å². The molecule has 2 rings (SSSR count). The minimum atomic E-state index is -0.815. The summed E-state index contributed by atoms with van der Waals surface area (Å²) in [6, 6.07) is 9.63. The lowest BCUT2D eigenvalue weighted by atomic mass is 10.0. The van der Waals surface area contributed by atoms with Crippen molar-refractivity contribution < 1.29 is 14.5 Å². The van der Waals surface area contributed by atoms with E-state index in [1.54, 1.807) is 24.3 Å². The summed E-state index contributed by atoms with van der Waals surface area (Å²) in [4.78, 5) is 35.3. The first kappa shape index (κ1) is 23.3. The Kier molecular flexibility index (Phi) is 8.32. The van der Waals surface area contributed by atoms with Crippen molar-refractivity contribution >= 4 is 46.9 Å². The van der Waals surface area contributed by atoms with Crippen LogP contribution in [-0.2, 0) is 4.79 Å². The normalized spacial score (nSPS) is 12.0. The van der Waals surface area contributed by atoms with Gasteiger partial charge in [-0.1, -0.05) is 43.1 Å². The standard InChI is InChI=1S/C20H20Cl2N4O4/c1-12(2)9-17(24-19(27)14-4-6-15(21)7-5-14)20(28)25-23-11-13-3-8-16(22)18(10-13)26(29)30/h3-8,10-12,17H,9H2,1-2H3,(H,24,27)(H,25,28)/b23-11+. The van der Waals surface area contributed by atoms with Gasteiger partial charge in [-0.3, -0.25) is 19.7 Å². The molecular weight excluding hydrogens is 431 g/mol. The zero-order valence-corrected chi connectivity index (χ0v) is 17.8. The number of nitro groups is 1. The number of nitrogens with zero attached hydrogens (tertiary/aromatic N) is 2. The smallest absolute Gasteiger partial charge is 0.288 e. The molecule has 2 aromatic rings. The van der Waals surface area contributed by atoms with Gasteiger partial charge < -0.3 is 5.32 Å². The van der Waals surface area contributed by atoms with Crippen molar-refractivity contribution in [2.24, 2.45) is 11.0 Å². The molecule has 158 valence electrons. The van der Waals surface area contributed by atoms with Crippen molar-refractivity contribution in [2.75, 3.05) is 0 Å². The van der Waals surface area contributed by atoms with Crippen molar-refractivity contribution in [1.82, 2.24) is 10.7 Å². The highest BCUT2D eigenvalue weighted by molar-refractivity contribution is 6.32. The fourth-order valence-electron chi connectivity index (χ4n) is 2.54. The first-order valence-corrected chi connectivity index (χ1v) is 9.76. The molecule has 30 heavy (non-hydrogen) atoms. The molecule has 10 heteroatoms. The summed E-state index contributed by atoms with van der Waals surface area (Å²) in [5, 5.41) is 18.0. The third-order valence-electron chi connectivity index (χ3n) is 3.99. The van der Waals surface area contributed by atoms with E-state index >= 15 is 0 Å². The van der Waals surface area contributed by atoms with Crippen LogP contribution in [0, 0.1) is 16.0 Å². The number of hydrogen-bond donors (Lipinski definition) is 2. The molecule has 0 saturated heterocycles. The van der Waals surface area contributed by atoms with Crippen LogP contribution < -0.4 is 10.7 Å². The summed E-state index contributed by atoms with van der Waals surface area (Å²) in [5.41, 5.74) is 2.85. The van der Waals surface area contributed by atoms with E-state index in [1.807, 2.05) is 13.8 Å². The van der Waals surface area contributed by atoms with Crippen LogP contribution in [-0.4, -0.2) is 29.0 Å². The molecule has 0 aliphatic rings. The molecule has 1 unspecified atom stereocenters. The highest BCUT2D eigenvalue weighted by atomic mass is 35.5. The predicted octanol–water partition coefficient (Wildman–Crippen LogP) is 4.20. The van der Waals surface area contributed by atoms with E-state index in [0.717, 1.165) is 0 Å². The van der Waals surface area contributed by atoms with Crippen LogP contribution in [0.25, 0.3) is 0 Å². The van der Waals surface area contributed by atoms with Crippen LogP contribution in [0.15, 0.2) is 47.6 Å². The first-order chi connectivity index (χ1) is 14.2.